The Balaban J connectivity index is 1.60. The van der Waals surface area contributed by atoms with Gasteiger partial charge in [0.2, 0.25) is 0 Å². The molecule has 6 heteroatoms. The molecule has 0 spiro atoms. The largest absolute Gasteiger partial charge is 0.346 e. The van der Waals surface area contributed by atoms with Crippen molar-refractivity contribution >= 4 is 16.7 Å². The van der Waals surface area contributed by atoms with E-state index in [1.54, 1.807) is 18.5 Å². The maximum Gasteiger partial charge on any atom is 0.274 e. The van der Waals surface area contributed by atoms with Crippen LogP contribution in [0.3, 0.4) is 0 Å². The van der Waals surface area contributed by atoms with Gasteiger partial charge in [0, 0.05) is 23.3 Å². The van der Waals surface area contributed by atoms with Crippen LogP contribution in [0.5, 0.6) is 0 Å². The van der Waals surface area contributed by atoms with Gasteiger partial charge in [-0.3, -0.25) is 14.6 Å². The molecule has 2 aromatic heterocycles. The minimum Gasteiger partial charge on any atom is -0.346 e. The van der Waals surface area contributed by atoms with Gasteiger partial charge in [-0.25, -0.2) is 4.68 Å². The van der Waals surface area contributed by atoms with E-state index in [-0.39, 0.29) is 23.4 Å². The van der Waals surface area contributed by atoms with E-state index < -0.39 is 0 Å². The van der Waals surface area contributed by atoms with Crippen molar-refractivity contribution in [2.24, 2.45) is 0 Å². The number of nitrogens with one attached hydrogen (secondary N) is 1. The quantitative estimate of drug-likeness (QED) is 0.522. The summed E-state index contributed by atoms with van der Waals surface area (Å²) in [6, 6.07) is 18.7. The van der Waals surface area contributed by atoms with Crippen LogP contribution in [0, 0.1) is 0 Å². The van der Waals surface area contributed by atoms with E-state index in [1.807, 2.05) is 54.6 Å². The number of hydrogen-bond donors (Lipinski definition) is 1. The Hall–Kier alpha value is -3.80. The Kier molecular flexibility index (Phi) is 5.86. The third-order valence-corrected chi connectivity index (χ3v) is 5.43. The van der Waals surface area contributed by atoms with Crippen LogP contribution in [0.1, 0.15) is 48.0 Å². The molecule has 0 atom stereocenters. The number of rotatable bonds is 5. The maximum absolute atomic E-state index is 13.0. The van der Waals surface area contributed by atoms with Crippen LogP contribution >= 0.6 is 0 Å². The predicted molar refractivity (Wildman–Crippen MR) is 126 cm³/mol. The minimum absolute atomic E-state index is 0.0276. The van der Waals surface area contributed by atoms with Crippen molar-refractivity contribution in [3.63, 3.8) is 0 Å². The van der Waals surface area contributed by atoms with Gasteiger partial charge in [0.05, 0.1) is 24.2 Å². The average molecular weight is 427 g/mol. The Bertz CT molecular complexity index is 1300. The first-order valence-electron chi connectivity index (χ1n) is 10.6. The van der Waals surface area contributed by atoms with Crippen LogP contribution in [0.4, 0.5) is 0 Å². The predicted octanol–water partition coefficient (Wildman–Crippen LogP) is 4.07. The summed E-state index contributed by atoms with van der Waals surface area (Å²) in [6.07, 6.45) is 3.40. The maximum atomic E-state index is 13.0. The topological polar surface area (TPSA) is 76.9 Å². The van der Waals surface area contributed by atoms with Crippen LogP contribution in [0.15, 0.2) is 77.9 Å². The molecule has 4 aromatic rings. The summed E-state index contributed by atoms with van der Waals surface area (Å²) in [5.41, 5.74) is 3.14. The number of hydrogen-bond acceptors (Lipinski definition) is 4. The molecule has 0 aliphatic heterocycles. The highest BCUT2D eigenvalue weighted by molar-refractivity contribution is 5.94. The molecule has 0 fully saturated rings. The molecule has 0 aliphatic carbocycles. The van der Waals surface area contributed by atoms with Crippen LogP contribution < -0.4 is 10.9 Å². The Morgan fingerprint density at radius 2 is 1.69 bits per heavy atom. The Labute approximate surface area is 186 Å². The van der Waals surface area contributed by atoms with Crippen molar-refractivity contribution in [2.45, 2.75) is 39.3 Å². The van der Waals surface area contributed by atoms with Crippen LogP contribution in [0.2, 0.25) is 0 Å². The smallest absolute Gasteiger partial charge is 0.274 e. The van der Waals surface area contributed by atoms with E-state index in [1.165, 1.54) is 10.2 Å². The highest BCUT2D eigenvalue weighted by atomic mass is 16.1. The van der Waals surface area contributed by atoms with Gasteiger partial charge in [0.1, 0.15) is 0 Å². The number of benzene rings is 2. The van der Waals surface area contributed by atoms with Gasteiger partial charge in [-0.1, -0.05) is 57.2 Å². The zero-order valence-corrected chi connectivity index (χ0v) is 18.5. The zero-order valence-electron chi connectivity index (χ0n) is 18.5. The summed E-state index contributed by atoms with van der Waals surface area (Å²) in [5, 5.41) is 8.83. The number of pyridine rings is 1. The lowest BCUT2D eigenvalue weighted by Gasteiger charge is -2.19. The fraction of sp³-hybridized carbons (Fsp3) is 0.231. The first kappa shape index (κ1) is 21.4. The van der Waals surface area contributed by atoms with Crippen molar-refractivity contribution in [2.75, 3.05) is 0 Å². The summed E-state index contributed by atoms with van der Waals surface area (Å²) in [7, 11) is 0. The molecule has 1 N–H and O–H groups in total. The van der Waals surface area contributed by atoms with Crippen molar-refractivity contribution < 1.29 is 4.79 Å². The molecule has 2 heterocycles. The summed E-state index contributed by atoms with van der Waals surface area (Å²) < 4.78 is 1.43. The van der Waals surface area contributed by atoms with Gasteiger partial charge in [-0.05, 0) is 40.8 Å². The van der Waals surface area contributed by atoms with Gasteiger partial charge < -0.3 is 5.32 Å². The normalized spacial score (nSPS) is 11.5. The molecule has 0 saturated heterocycles. The molecular formula is C26H26N4O2. The molecule has 0 radical (unpaired) electrons. The van der Waals surface area contributed by atoms with E-state index >= 15 is 0 Å². The highest BCUT2D eigenvalue weighted by Gasteiger charge is 2.15. The highest BCUT2D eigenvalue weighted by Crippen LogP contribution is 2.22. The van der Waals surface area contributed by atoms with Crippen LogP contribution in [0.25, 0.3) is 10.8 Å². The number of fused-ring (bicyclic) bond motifs is 1. The molecule has 0 aliphatic rings. The SMILES string of the molecule is CC(C)(C)c1ccc(C(=O)NCc2nn(Cc3cccnc3)c(=O)c3ccccc23)cc1. The zero-order chi connectivity index (χ0) is 22.7. The summed E-state index contributed by atoms with van der Waals surface area (Å²) in [5.74, 6) is -0.179. The van der Waals surface area contributed by atoms with E-state index in [9.17, 15) is 9.59 Å². The van der Waals surface area contributed by atoms with Crippen molar-refractivity contribution in [3.05, 3.63) is 106 Å². The summed E-state index contributed by atoms with van der Waals surface area (Å²) in [4.78, 5) is 29.8. The van der Waals surface area contributed by atoms with Crippen LogP contribution in [-0.4, -0.2) is 20.7 Å². The van der Waals surface area contributed by atoms with E-state index in [0.29, 0.717) is 23.2 Å². The standard InChI is InChI=1S/C26H26N4O2/c1-26(2,3)20-12-10-19(11-13-20)24(31)28-16-23-21-8-4-5-9-22(21)25(32)30(29-23)17-18-7-6-14-27-15-18/h4-15H,16-17H2,1-3H3,(H,28,31). The van der Waals surface area contributed by atoms with E-state index in [0.717, 1.165) is 10.9 Å². The van der Waals surface area contributed by atoms with Crippen molar-refractivity contribution in [1.29, 1.82) is 0 Å². The lowest BCUT2D eigenvalue weighted by Crippen LogP contribution is -2.29. The molecule has 162 valence electrons. The molecule has 2 aromatic carbocycles. The first-order valence-corrected chi connectivity index (χ1v) is 10.6. The van der Waals surface area contributed by atoms with E-state index in [2.05, 4.69) is 36.2 Å². The summed E-state index contributed by atoms with van der Waals surface area (Å²) in [6.45, 7) is 6.94. The van der Waals surface area contributed by atoms with Gasteiger partial charge in [0.25, 0.3) is 11.5 Å². The third kappa shape index (κ3) is 4.59. The fourth-order valence-electron chi connectivity index (χ4n) is 3.60. The van der Waals surface area contributed by atoms with Crippen molar-refractivity contribution in [1.82, 2.24) is 20.1 Å². The molecule has 0 unspecified atom stereocenters. The van der Waals surface area contributed by atoms with Gasteiger partial charge in [0.15, 0.2) is 0 Å². The number of carbonyl (C=O) groups is 1. The third-order valence-electron chi connectivity index (χ3n) is 5.43. The summed E-state index contributed by atoms with van der Waals surface area (Å²) >= 11 is 0. The fourth-order valence-corrected chi connectivity index (χ4v) is 3.60. The molecule has 0 saturated carbocycles. The minimum atomic E-state index is -0.179. The van der Waals surface area contributed by atoms with Gasteiger partial charge >= 0.3 is 0 Å². The second kappa shape index (κ2) is 8.75. The Morgan fingerprint density at radius 3 is 2.34 bits per heavy atom. The van der Waals surface area contributed by atoms with E-state index in [4.69, 9.17) is 0 Å². The van der Waals surface area contributed by atoms with Gasteiger partial charge in [-0.2, -0.15) is 5.10 Å². The Morgan fingerprint density at radius 1 is 0.969 bits per heavy atom. The lowest BCUT2D eigenvalue weighted by atomic mass is 9.87. The average Bonchev–Trinajstić information content (AvgIpc) is 2.80. The number of amides is 1. The lowest BCUT2D eigenvalue weighted by molar-refractivity contribution is 0.0950. The number of nitrogens with zero attached hydrogens (tertiary/aromatic N) is 3. The monoisotopic (exact) mass is 426 g/mol. The molecule has 1 amide bonds. The number of aromatic nitrogens is 3. The second-order valence-electron chi connectivity index (χ2n) is 8.83. The molecule has 32 heavy (non-hydrogen) atoms. The number of carbonyl (C=O) groups excluding carboxylic acids is 1. The van der Waals surface area contributed by atoms with Gasteiger partial charge in [-0.15, -0.1) is 0 Å². The molecule has 6 nitrogen and oxygen atoms in total. The molecule has 4 rings (SSSR count). The second-order valence-corrected chi connectivity index (χ2v) is 8.83. The molecular weight excluding hydrogens is 400 g/mol. The van der Waals surface area contributed by atoms with Crippen molar-refractivity contribution in [3.8, 4) is 0 Å². The van der Waals surface area contributed by atoms with Crippen LogP contribution in [-0.2, 0) is 18.5 Å². The molecule has 0 bridgehead atoms. The first-order chi connectivity index (χ1) is 15.3.